The molecule has 0 unspecified atom stereocenters. The lowest BCUT2D eigenvalue weighted by atomic mass is 10.1. The molecule has 35 heavy (non-hydrogen) atoms. The zero-order chi connectivity index (χ0) is 24.8. The average molecular weight is 472 g/mol. The lowest BCUT2D eigenvalue weighted by molar-refractivity contribution is -0.147. The van der Waals surface area contributed by atoms with E-state index < -0.39 is 30.2 Å². The monoisotopic (exact) mass is 471 g/mol. The van der Waals surface area contributed by atoms with Crippen LogP contribution in [0, 0.1) is 5.92 Å². The number of ether oxygens (including phenoxy) is 2. The van der Waals surface area contributed by atoms with Gasteiger partial charge in [0.1, 0.15) is 5.75 Å². The van der Waals surface area contributed by atoms with Crippen molar-refractivity contribution in [2.45, 2.75) is 19.4 Å². The van der Waals surface area contributed by atoms with Crippen LogP contribution < -0.4 is 4.74 Å². The molecule has 0 radical (unpaired) electrons. The number of nitrogens with zero attached hydrogens (tertiary/aromatic N) is 1. The fourth-order valence-electron chi connectivity index (χ4n) is 3.96. The number of Topliss-reactive ketones (excluding diaryl/α,β-unsaturated/α-hetero) is 1. The first-order valence-electron chi connectivity index (χ1n) is 11.3. The van der Waals surface area contributed by atoms with Gasteiger partial charge in [0, 0.05) is 18.5 Å². The van der Waals surface area contributed by atoms with Crippen LogP contribution in [0.5, 0.6) is 5.75 Å². The van der Waals surface area contributed by atoms with E-state index in [1.165, 1.54) is 24.3 Å². The highest BCUT2D eigenvalue weighted by Gasteiger charge is 2.38. The van der Waals surface area contributed by atoms with E-state index in [4.69, 9.17) is 9.47 Å². The summed E-state index contributed by atoms with van der Waals surface area (Å²) in [7, 11) is 0. The molecular formula is C28H25NO6. The number of esters is 2. The normalized spacial score (nSPS) is 16.0. The van der Waals surface area contributed by atoms with Gasteiger partial charge < -0.3 is 14.4 Å². The quantitative estimate of drug-likeness (QED) is 0.277. The van der Waals surface area contributed by atoms with Gasteiger partial charge in [-0.05, 0) is 48.9 Å². The first-order chi connectivity index (χ1) is 16.9. The summed E-state index contributed by atoms with van der Waals surface area (Å²) < 4.78 is 10.5. The van der Waals surface area contributed by atoms with Gasteiger partial charge in [0.25, 0.3) is 0 Å². The summed E-state index contributed by atoms with van der Waals surface area (Å²) in [4.78, 5) is 51.3. The summed E-state index contributed by atoms with van der Waals surface area (Å²) in [5.74, 6) is -1.89. The Morgan fingerprint density at radius 2 is 1.51 bits per heavy atom. The number of amides is 1. The van der Waals surface area contributed by atoms with Crippen LogP contribution in [0.15, 0.2) is 84.9 Å². The summed E-state index contributed by atoms with van der Waals surface area (Å²) in [6.45, 7) is 1.75. The van der Waals surface area contributed by atoms with Crippen molar-refractivity contribution >= 4 is 23.6 Å². The average Bonchev–Trinajstić information content (AvgIpc) is 3.29. The van der Waals surface area contributed by atoms with Gasteiger partial charge in [-0.15, -0.1) is 0 Å². The van der Waals surface area contributed by atoms with E-state index in [0.29, 0.717) is 16.9 Å². The van der Waals surface area contributed by atoms with Crippen molar-refractivity contribution in [2.75, 3.05) is 13.2 Å². The maximum Gasteiger partial charge on any atom is 0.343 e. The zero-order valence-corrected chi connectivity index (χ0v) is 19.3. The summed E-state index contributed by atoms with van der Waals surface area (Å²) in [5.41, 5.74) is 1.73. The molecule has 1 amide bonds. The summed E-state index contributed by atoms with van der Waals surface area (Å²) in [5, 5.41) is 0. The van der Waals surface area contributed by atoms with Crippen molar-refractivity contribution in [2.24, 2.45) is 5.92 Å². The van der Waals surface area contributed by atoms with Crippen LogP contribution in [0.2, 0.25) is 0 Å². The highest BCUT2D eigenvalue weighted by molar-refractivity contribution is 5.98. The minimum Gasteiger partial charge on any atom is -0.457 e. The Kier molecular flexibility index (Phi) is 7.35. The number of ketones is 1. The van der Waals surface area contributed by atoms with E-state index >= 15 is 0 Å². The fourth-order valence-corrected chi connectivity index (χ4v) is 3.96. The Labute approximate surface area is 203 Å². The van der Waals surface area contributed by atoms with Crippen LogP contribution in [-0.2, 0) is 14.3 Å². The second-order valence-electron chi connectivity index (χ2n) is 8.34. The Hall–Kier alpha value is -4.26. The van der Waals surface area contributed by atoms with Gasteiger partial charge >= 0.3 is 11.9 Å². The molecule has 0 aromatic heterocycles. The molecule has 0 bridgehead atoms. The molecule has 3 aromatic rings. The maximum atomic E-state index is 12.5. The molecule has 0 spiro atoms. The van der Waals surface area contributed by atoms with Gasteiger partial charge in [-0.1, -0.05) is 48.5 Å². The number of carbonyl (C=O) groups is 4. The topological polar surface area (TPSA) is 90.0 Å². The number of carbonyl (C=O) groups excluding carboxylic acids is 4. The van der Waals surface area contributed by atoms with Crippen molar-refractivity contribution in [3.05, 3.63) is 102 Å². The largest absolute Gasteiger partial charge is 0.457 e. The highest BCUT2D eigenvalue weighted by atomic mass is 16.5. The van der Waals surface area contributed by atoms with Crippen LogP contribution >= 0.6 is 0 Å². The van der Waals surface area contributed by atoms with Crippen molar-refractivity contribution < 1.29 is 28.7 Å². The molecule has 1 aliphatic heterocycles. The Morgan fingerprint density at radius 3 is 2.17 bits per heavy atom. The summed E-state index contributed by atoms with van der Waals surface area (Å²) >= 11 is 0. The number of rotatable bonds is 8. The van der Waals surface area contributed by atoms with Crippen molar-refractivity contribution in [3.63, 3.8) is 0 Å². The second kappa shape index (κ2) is 10.8. The molecule has 1 heterocycles. The predicted octanol–water partition coefficient (Wildman–Crippen LogP) is 4.24. The first kappa shape index (κ1) is 23.9. The molecule has 4 rings (SSSR count). The molecule has 178 valence electrons. The van der Waals surface area contributed by atoms with Gasteiger partial charge in [-0.2, -0.15) is 0 Å². The Bertz CT molecular complexity index is 1210. The molecular weight excluding hydrogens is 446 g/mol. The third kappa shape index (κ3) is 5.81. The van der Waals surface area contributed by atoms with Gasteiger partial charge in [0.15, 0.2) is 12.4 Å². The van der Waals surface area contributed by atoms with E-state index in [1.807, 2.05) is 37.3 Å². The zero-order valence-electron chi connectivity index (χ0n) is 19.3. The Balaban J connectivity index is 1.28. The third-order valence-electron chi connectivity index (χ3n) is 5.98. The van der Waals surface area contributed by atoms with Crippen LogP contribution in [0.1, 0.15) is 45.7 Å². The van der Waals surface area contributed by atoms with Crippen LogP contribution in [-0.4, -0.2) is 41.7 Å². The molecule has 2 atom stereocenters. The molecule has 0 saturated carbocycles. The number of hydrogen-bond donors (Lipinski definition) is 0. The van der Waals surface area contributed by atoms with Crippen LogP contribution in [0.3, 0.4) is 0 Å². The van der Waals surface area contributed by atoms with E-state index in [1.54, 1.807) is 35.2 Å². The maximum absolute atomic E-state index is 12.5. The molecule has 1 saturated heterocycles. The fraction of sp³-hybridized carbons (Fsp3) is 0.214. The molecule has 7 nitrogen and oxygen atoms in total. The van der Waals surface area contributed by atoms with E-state index in [9.17, 15) is 19.2 Å². The lowest BCUT2D eigenvalue weighted by Crippen LogP contribution is -2.30. The van der Waals surface area contributed by atoms with Crippen molar-refractivity contribution in [1.29, 1.82) is 0 Å². The van der Waals surface area contributed by atoms with E-state index in [0.717, 1.165) is 5.56 Å². The van der Waals surface area contributed by atoms with E-state index in [-0.39, 0.29) is 24.9 Å². The van der Waals surface area contributed by atoms with Gasteiger partial charge in [-0.3, -0.25) is 14.4 Å². The molecule has 7 heteroatoms. The van der Waals surface area contributed by atoms with Crippen LogP contribution in [0.25, 0.3) is 0 Å². The number of hydrogen-bond acceptors (Lipinski definition) is 6. The SMILES string of the molecule is C[C@@H](c1ccccc1)N1C[C@H](C(=O)OCC(=O)c2ccc(OC(=O)c3ccccc3)cc2)CC1=O. The predicted molar refractivity (Wildman–Crippen MR) is 128 cm³/mol. The van der Waals surface area contributed by atoms with Gasteiger partial charge in [0.05, 0.1) is 17.5 Å². The standard InChI is InChI=1S/C28H25NO6/c1-19(20-8-4-2-5-9-20)29-17-23(16-26(29)31)27(32)34-18-25(30)21-12-14-24(15-13-21)35-28(33)22-10-6-3-7-11-22/h2-15,19,23H,16-18H2,1H3/t19-,23+/m0/s1. The molecule has 1 fully saturated rings. The summed E-state index contributed by atoms with van der Waals surface area (Å²) in [6, 6.07) is 24.0. The smallest absolute Gasteiger partial charge is 0.343 e. The third-order valence-corrected chi connectivity index (χ3v) is 5.98. The lowest BCUT2D eigenvalue weighted by Gasteiger charge is -2.25. The number of benzene rings is 3. The first-order valence-corrected chi connectivity index (χ1v) is 11.3. The molecule has 0 aliphatic carbocycles. The molecule has 0 N–H and O–H groups in total. The Morgan fingerprint density at radius 1 is 0.886 bits per heavy atom. The van der Waals surface area contributed by atoms with Gasteiger partial charge in [0.2, 0.25) is 5.91 Å². The number of likely N-dealkylation sites (tertiary alicyclic amines) is 1. The van der Waals surface area contributed by atoms with Gasteiger partial charge in [-0.25, -0.2) is 4.79 Å². The molecule has 1 aliphatic rings. The minimum absolute atomic E-state index is 0.0612. The molecule has 3 aromatic carbocycles. The highest BCUT2D eigenvalue weighted by Crippen LogP contribution is 2.29. The van der Waals surface area contributed by atoms with E-state index in [2.05, 4.69) is 0 Å². The van der Waals surface area contributed by atoms with Crippen molar-refractivity contribution in [1.82, 2.24) is 4.90 Å². The van der Waals surface area contributed by atoms with Crippen molar-refractivity contribution in [3.8, 4) is 5.75 Å². The second-order valence-corrected chi connectivity index (χ2v) is 8.34. The van der Waals surface area contributed by atoms with Crippen LogP contribution in [0.4, 0.5) is 0 Å². The summed E-state index contributed by atoms with van der Waals surface area (Å²) in [6.07, 6.45) is 0.0612. The minimum atomic E-state index is -0.610.